The summed E-state index contributed by atoms with van der Waals surface area (Å²) >= 11 is 0. The van der Waals surface area contributed by atoms with Gasteiger partial charge < -0.3 is 10.5 Å². The average Bonchev–Trinajstić information content (AvgIpc) is 3.05. The molecule has 0 amide bonds. The molecule has 0 bridgehead atoms. The molecule has 0 unspecified atom stereocenters. The van der Waals surface area contributed by atoms with E-state index in [0.29, 0.717) is 11.3 Å². The Bertz CT molecular complexity index is 374. The number of alkyl halides is 1. The van der Waals surface area contributed by atoms with Gasteiger partial charge in [0.25, 0.3) is 0 Å². The third-order valence-electron chi connectivity index (χ3n) is 3.29. The Morgan fingerprint density at radius 2 is 2.19 bits per heavy atom. The number of rotatable bonds is 5. The van der Waals surface area contributed by atoms with Gasteiger partial charge in [-0.1, -0.05) is 6.07 Å². The van der Waals surface area contributed by atoms with Gasteiger partial charge in [0.15, 0.2) is 0 Å². The summed E-state index contributed by atoms with van der Waals surface area (Å²) in [7, 11) is 1.56. The third kappa shape index (κ3) is 2.53. The molecule has 1 aromatic carbocycles. The van der Waals surface area contributed by atoms with Crippen molar-refractivity contribution in [3.8, 4) is 5.75 Å². The Hall–Kier alpha value is -1.09. The number of methoxy groups -OCH3 is 1. The average molecular weight is 223 g/mol. The van der Waals surface area contributed by atoms with Crippen molar-refractivity contribution in [1.29, 1.82) is 0 Å². The van der Waals surface area contributed by atoms with Crippen LogP contribution in [-0.4, -0.2) is 12.6 Å². The maximum absolute atomic E-state index is 12.7. The van der Waals surface area contributed by atoms with Crippen LogP contribution in [0.2, 0.25) is 0 Å². The minimum atomic E-state index is -0.481. The highest BCUT2D eigenvalue weighted by molar-refractivity contribution is 5.37. The molecule has 1 saturated carbocycles. The van der Waals surface area contributed by atoms with Crippen molar-refractivity contribution in [3.63, 3.8) is 0 Å². The second-order valence-corrected chi connectivity index (χ2v) is 4.64. The van der Waals surface area contributed by atoms with E-state index >= 15 is 0 Å². The third-order valence-corrected chi connectivity index (χ3v) is 3.29. The number of hydrogen-bond acceptors (Lipinski definition) is 2. The van der Waals surface area contributed by atoms with Crippen molar-refractivity contribution in [3.05, 3.63) is 29.3 Å². The molecule has 3 heteroatoms. The van der Waals surface area contributed by atoms with Gasteiger partial charge in [-0.3, -0.25) is 0 Å². The van der Waals surface area contributed by atoms with E-state index in [1.54, 1.807) is 7.11 Å². The molecule has 0 heterocycles. The van der Waals surface area contributed by atoms with Crippen molar-refractivity contribution in [1.82, 2.24) is 0 Å². The summed E-state index contributed by atoms with van der Waals surface area (Å²) in [6.45, 7) is -0.481. The number of ether oxygens (including phenoxy) is 1. The zero-order valence-electron chi connectivity index (χ0n) is 9.63. The first kappa shape index (κ1) is 11.4. The van der Waals surface area contributed by atoms with E-state index in [0.717, 1.165) is 31.2 Å². The normalized spacial score (nSPS) is 17.2. The highest BCUT2D eigenvalue weighted by atomic mass is 19.1. The molecule has 0 atom stereocenters. The minimum Gasteiger partial charge on any atom is -0.496 e. The Kier molecular flexibility index (Phi) is 3.15. The maximum Gasteiger partial charge on any atom is 0.124 e. The fourth-order valence-electron chi connectivity index (χ4n) is 1.90. The predicted molar refractivity (Wildman–Crippen MR) is 62.3 cm³/mol. The molecule has 0 aromatic heterocycles. The molecule has 1 fully saturated rings. The van der Waals surface area contributed by atoms with Gasteiger partial charge in [-0.2, -0.15) is 0 Å². The van der Waals surface area contributed by atoms with Crippen LogP contribution >= 0.6 is 0 Å². The SMILES string of the molecule is COc1ccc(CCC2(N)CC2)cc1CF. The Morgan fingerprint density at radius 1 is 1.44 bits per heavy atom. The second-order valence-electron chi connectivity index (χ2n) is 4.64. The predicted octanol–water partition coefficient (Wildman–Crippen LogP) is 2.59. The maximum atomic E-state index is 12.7. The van der Waals surface area contributed by atoms with Gasteiger partial charge in [0.2, 0.25) is 0 Å². The van der Waals surface area contributed by atoms with E-state index in [1.165, 1.54) is 0 Å². The molecule has 2 nitrogen and oxygen atoms in total. The topological polar surface area (TPSA) is 35.2 Å². The van der Waals surface area contributed by atoms with E-state index < -0.39 is 6.67 Å². The summed E-state index contributed by atoms with van der Waals surface area (Å²) in [5.74, 6) is 0.625. The molecule has 16 heavy (non-hydrogen) atoms. The monoisotopic (exact) mass is 223 g/mol. The van der Waals surface area contributed by atoms with Crippen LogP contribution in [0.25, 0.3) is 0 Å². The molecular formula is C13H18FNO. The van der Waals surface area contributed by atoms with Gasteiger partial charge >= 0.3 is 0 Å². The van der Waals surface area contributed by atoms with Crippen LogP contribution in [0.5, 0.6) is 5.75 Å². The van der Waals surface area contributed by atoms with Crippen molar-refractivity contribution >= 4 is 0 Å². The van der Waals surface area contributed by atoms with Crippen LogP contribution in [-0.2, 0) is 13.1 Å². The number of hydrogen-bond donors (Lipinski definition) is 1. The van der Waals surface area contributed by atoms with Crippen LogP contribution in [0, 0.1) is 0 Å². The molecule has 0 saturated heterocycles. The zero-order chi connectivity index (χ0) is 11.6. The molecule has 88 valence electrons. The lowest BCUT2D eigenvalue weighted by atomic mass is 10.0. The van der Waals surface area contributed by atoms with Crippen LogP contribution in [0.15, 0.2) is 18.2 Å². The molecule has 1 aromatic rings. The van der Waals surface area contributed by atoms with Gasteiger partial charge in [0.1, 0.15) is 12.4 Å². The molecule has 2 N–H and O–H groups in total. The van der Waals surface area contributed by atoms with E-state index in [2.05, 4.69) is 0 Å². The number of nitrogens with two attached hydrogens (primary N) is 1. The molecule has 2 rings (SSSR count). The highest BCUT2D eigenvalue weighted by Gasteiger charge is 2.37. The summed E-state index contributed by atoms with van der Waals surface area (Å²) in [6.07, 6.45) is 4.16. The van der Waals surface area contributed by atoms with Gasteiger partial charge in [0.05, 0.1) is 7.11 Å². The molecule has 0 aliphatic heterocycles. The van der Waals surface area contributed by atoms with Crippen molar-refractivity contribution < 1.29 is 9.13 Å². The Labute approximate surface area is 95.6 Å². The Balaban J connectivity index is 2.04. The van der Waals surface area contributed by atoms with Gasteiger partial charge in [-0.05, 0) is 43.4 Å². The number of halogens is 1. The van der Waals surface area contributed by atoms with E-state index in [9.17, 15) is 4.39 Å². The summed E-state index contributed by atoms with van der Waals surface area (Å²) in [5, 5.41) is 0. The van der Waals surface area contributed by atoms with E-state index in [1.807, 2.05) is 18.2 Å². The zero-order valence-corrected chi connectivity index (χ0v) is 9.63. The summed E-state index contributed by atoms with van der Waals surface area (Å²) in [4.78, 5) is 0. The lowest BCUT2D eigenvalue weighted by Crippen LogP contribution is -2.22. The number of benzene rings is 1. The van der Waals surface area contributed by atoms with Gasteiger partial charge in [0, 0.05) is 11.1 Å². The van der Waals surface area contributed by atoms with Crippen molar-refractivity contribution in [2.24, 2.45) is 5.73 Å². The van der Waals surface area contributed by atoms with Gasteiger partial charge in [-0.15, -0.1) is 0 Å². The summed E-state index contributed by atoms with van der Waals surface area (Å²) in [6, 6.07) is 5.70. The first-order chi connectivity index (χ1) is 7.67. The fraction of sp³-hybridized carbons (Fsp3) is 0.538. The standard InChI is InChI=1S/C13H18FNO/c1-16-12-3-2-10(8-11(12)9-14)4-5-13(15)6-7-13/h2-3,8H,4-7,9,15H2,1H3. The largest absolute Gasteiger partial charge is 0.496 e. The first-order valence-corrected chi connectivity index (χ1v) is 5.67. The molecule has 0 spiro atoms. The smallest absolute Gasteiger partial charge is 0.124 e. The summed E-state index contributed by atoms with van der Waals surface area (Å²) < 4.78 is 17.8. The molecule has 1 aliphatic rings. The second kappa shape index (κ2) is 4.42. The van der Waals surface area contributed by atoms with Crippen LogP contribution in [0.1, 0.15) is 30.4 Å². The number of aryl methyl sites for hydroxylation is 1. The van der Waals surface area contributed by atoms with Crippen LogP contribution < -0.4 is 10.5 Å². The molecular weight excluding hydrogens is 205 g/mol. The van der Waals surface area contributed by atoms with E-state index in [4.69, 9.17) is 10.5 Å². The highest BCUT2D eigenvalue weighted by Crippen LogP contribution is 2.36. The fourth-order valence-corrected chi connectivity index (χ4v) is 1.90. The van der Waals surface area contributed by atoms with Crippen LogP contribution in [0.4, 0.5) is 4.39 Å². The van der Waals surface area contributed by atoms with Gasteiger partial charge in [-0.25, -0.2) is 4.39 Å². The lowest BCUT2D eigenvalue weighted by Gasteiger charge is -2.10. The quantitative estimate of drug-likeness (QED) is 0.832. The van der Waals surface area contributed by atoms with Crippen molar-refractivity contribution in [2.75, 3.05) is 7.11 Å². The first-order valence-electron chi connectivity index (χ1n) is 5.67. The summed E-state index contributed by atoms with van der Waals surface area (Å²) in [5.41, 5.74) is 7.86. The molecule has 0 radical (unpaired) electrons. The Morgan fingerprint density at radius 3 is 2.75 bits per heavy atom. The van der Waals surface area contributed by atoms with Crippen molar-refractivity contribution in [2.45, 2.75) is 37.9 Å². The molecule has 1 aliphatic carbocycles. The van der Waals surface area contributed by atoms with E-state index in [-0.39, 0.29) is 5.54 Å². The van der Waals surface area contributed by atoms with Crippen LogP contribution in [0.3, 0.4) is 0 Å². The lowest BCUT2D eigenvalue weighted by molar-refractivity contribution is 0.394. The minimum absolute atomic E-state index is 0.0653.